The van der Waals surface area contributed by atoms with Gasteiger partial charge in [-0.15, -0.1) is 0 Å². The van der Waals surface area contributed by atoms with Crippen LogP contribution in [0.2, 0.25) is 0 Å². The van der Waals surface area contributed by atoms with Crippen molar-refractivity contribution < 1.29 is 23.8 Å². The Kier molecular flexibility index (Phi) is 7.04. The first-order valence-corrected chi connectivity index (χ1v) is 10.7. The maximum Gasteiger partial charge on any atom is 0.227 e. The van der Waals surface area contributed by atoms with E-state index in [2.05, 4.69) is 10.3 Å². The van der Waals surface area contributed by atoms with Gasteiger partial charge in [-0.05, 0) is 42.0 Å². The number of nitrogens with one attached hydrogen (secondary N) is 1. The van der Waals surface area contributed by atoms with E-state index in [1.54, 1.807) is 42.6 Å². The first-order valence-electron chi connectivity index (χ1n) is 10.7. The van der Waals surface area contributed by atoms with Crippen molar-refractivity contribution in [2.75, 3.05) is 30.5 Å². The van der Waals surface area contributed by atoms with Crippen molar-refractivity contribution in [3.63, 3.8) is 0 Å². The highest BCUT2D eigenvalue weighted by atomic mass is 16.5. The summed E-state index contributed by atoms with van der Waals surface area (Å²) in [6.07, 6.45) is 3.56. The Bertz CT molecular complexity index is 1120. The lowest BCUT2D eigenvalue weighted by molar-refractivity contribution is -0.122. The number of hydrogen-bond donors (Lipinski definition) is 1. The summed E-state index contributed by atoms with van der Waals surface area (Å²) in [5, 5.41) is 2.83. The zero-order valence-corrected chi connectivity index (χ0v) is 18.3. The molecule has 1 aliphatic rings. The molecule has 0 spiro atoms. The van der Waals surface area contributed by atoms with Gasteiger partial charge in [0, 0.05) is 37.0 Å². The fraction of sp³-hybridized carbons (Fsp3) is 0.240. The Morgan fingerprint density at radius 3 is 2.70 bits per heavy atom. The number of amides is 2. The van der Waals surface area contributed by atoms with E-state index in [0.29, 0.717) is 42.7 Å². The van der Waals surface area contributed by atoms with E-state index < -0.39 is 0 Å². The number of rotatable bonds is 8. The van der Waals surface area contributed by atoms with Crippen molar-refractivity contribution in [2.45, 2.75) is 19.4 Å². The summed E-state index contributed by atoms with van der Waals surface area (Å²) in [6, 6.07) is 16.3. The number of para-hydroxylation sites is 2. The summed E-state index contributed by atoms with van der Waals surface area (Å²) in [5.41, 5.74) is 2.26. The third-order valence-electron chi connectivity index (χ3n) is 5.19. The van der Waals surface area contributed by atoms with E-state index in [-0.39, 0.29) is 24.7 Å². The van der Waals surface area contributed by atoms with Crippen LogP contribution >= 0.6 is 0 Å². The van der Waals surface area contributed by atoms with Gasteiger partial charge >= 0.3 is 0 Å². The number of hydrogen-bond acceptors (Lipinski definition) is 6. The molecule has 2 amide bonds. The van der Waals surface area contributed by atoms with Crippen molar-refractivity contribution in [3.05, 3.63) is 72.6 Å². The highest BCUT2D eigenvalue weighted by Crippen LogP contribution is 2.32. The predicted octanol–water partition coefficient (Wildman–Crippen LogP) is 3.81. The quantitative estimate of drug-likeness (QED) is 0.565. The summed E-state index contributed by atoms with van der Waals surface area (Å²) in [7, 11) is 1.56. The van der Waals surface area contributed by atoms with Crippen LogP contribution in [0.4, 0.5) is 11.4 Å². The van der Waals surface area contributed by atoms with Crippen LogP contribution in [0.25, 0.3) is 0 Å². The normalized spacial score (nSPS) is 12.3. The molecule has 170 valence electrons. The predicted molar refractivity (Wildman–Crippen MR) is 124 cm³/mol. The molecule has 33 heavy (non-hydrogen) atoms. The van der Waals surface area contributed by atoms with Gasteiger partial charge in [0.2, 0.25) is 11.8 Å². The van der Waals surface area contributed by atoms with Crippen molar-refractivity contribution in [2.24, 2.45) is 0 Å². The van der Waals surface area contributed by atoms with Crippen LogP contribution in [0.1, 0.15) is 18.4 Å². The van der Waals surface area contributed by atoms with E-state index in [4.69, 9.17) is 14.2 Å². The largest absolute Gasteiger partial charge is 0.493 e. The zero-order chi connectivity index (χ0) is 23.0. The molecule has 0 fully saturated rings. The van der Waals surface area contributed by atoms with Gasteiger partial charge in [-0.1, -0.05) is 12.1 Å². The molecule has 0 unspecified atom stereocenters. The molecule has 0 atom stereocenters. The molecular formula is C25H25N3O5. The number of anilines is 2. The maximum absolute atomic E-state index is 12.7. The molecule has 2 heterocycles. The first kappa shape index (κ1) is 22.1. The minimum atomic E-state index is -0.254. The van der Waals surface area contributed by atoms with Crippen LogP contribution in [-0.4, -0.2) is 37.1 Å². The number of aromatic nitrogens is 1. The fourth-order valence-electron chi connectivity index (χ4n) is 3.51. The summed E-state index contributed by atoms with van der Waals surface area (Å²) >= 11 is 0. The Morgan fingerprint density at radius 1 is 1.06 bits per heavy atom. The van der Waals surface area contributed by atoms with Gasteiger partial charge in [-0.3, -0.25) is 14.6 Å². The smallest absolute Gasteiger partial charge is 0.227 e. The summed E-state index contributed by atoms with van der Waals surface area (Å²) < 4.78 is 16.8. The van der Waals surface area contributed by atoms with Crippen LogP contribution in [0, 0.1) is 0 Å². The molecule has 8 nitrogen and oxygen atoms in total. The van der Waals surface area contributed by atoms with Gasteiger partial charge in [0.25, 0.3) is 0 Å². The lowest BCUT2D eigenvalue weighted by Gasteiger charge is -2.29. The molecule has 1 N–H and O–H groups in total. The fourth-order valence-corrected chi connectivity index (χ4v) is 3.51. The lowest BCUT2D eigenvalue weighted by Crippen LogP contribution is -2.38. The molecule has 1 aliphatic heterocycles. The molecule has 0 radical (unpaired) electrons. The van der Waals surface area contributed by atoms with Crippen molar-refractivity contribution >= 4 is 23.2 Å². The molecule has 3 aromatic rings. The number of carbonyl (C=O) groups is 2. The number of ether oxygens (including phenoxy) is 3. The summed E-state index contributed by atoms with van der Waals surface area (Å²) in [5.74, 6) is 1.38. The van der Waals surface area contributed by atoms with E-state index in [0.717, 1.165) is 11.3 Å². The molecule has 2 aromatic carbocycles. The Balaban J connectivity index is 1.34. The van der Waals surface area contributed by atoms with Crippen LogP contribution < -0.4 is 24.4 Å². The van der Waals surface area contributed by atoms with E-state index >= 15 is 0 Å². The average Bonchev–Trinajstić information content (AvgIpc) is 2.86. The molecule has 1 aromatic heterocycles. The van der Waals surface area contributed by atoms with Crippen LogP contribution in [0.15, 0.2) is 67.0 Å². The molecule has 0 bridgehead atoms. The highest BCUT2D eigenvalue weighted by molar-refractivity contribution is 5.99. The monoisotopic (exact) mass is 447 g/mol. The zero-order valence-electron chi connectivity index (χ0n) is 18.3. The Hall–Kier alpha value is -4.07. The minimum Gasteiger partial charge on any atom is -0.493 e. The van der Waals surface area contributed by atoms with Crippen molar-refractivity contribution in [1.82, 2.24) is 4.98 Å². The molecule has 0 saturated heterocycles. The molecular weight excluding hydrogens is 422 g/mol. The molecule has 0 aliphatic carbocycles. The SMILES string of the molecule is COc1ccc(NC(=O)CCC(=O)N2CCOc3ccccc32)cc1OCc1ccncc1. The molecule has 4 rings (SSSR count). The summed E-state index contributed by atoms with van der Waals surface area (Å²) in [6.45, 7) is 1.24. The number of carbonyl (C=O) groups excluding carboxylic acids is 2. The van der Waals surface area contributed by atoms with E-state index in [1.807, 2.05) is 36.4 Å². The van der Waals surface area contributed by atoms with Gasteiger partial charge in [0.15, 0.2) is 11.5 Å². The molecule has 8 heteroatoms. The van der Waals surface area contributed by atoms with Gasteiger partial charge in [-0.25, -0.2) is 0 Å². The second-order valence-corrected chi connectivity index (χ2v) is 7.42. The maximum atomic E-state index is 12.7. The number of pyridine rings is 1. The first-order chi connectivity index (χ1) is 16.1. The molecule has 0 saturated carbocycles. The van der Waals surface area contributed by atoms with Gasteiger partial charge in [0.1, 0.15) is 19.0 Å². The second kappa shape index (κ2) is 10.5. The third-order valence-corrected chi connectivity index (χ3v) is 5.19. The number of benzene rings is 2. The highest BCUT2D eigenvalue weighted by Gasteiger charge is 2.23. The standard InChI is InChI=1S/C25H25N3O5/c1-31-22-7-6-19(16-23(22)33-17-18-10-12-26-13-11-18)27-24(29)8-9-25(30)28-14-15-32-21-5-3-2-4-20(21)28/h2-7,10-13,16H,8-9,14-15,17H2,1H3,(H,27,29). The van der Waals surface area contributed by atoms with Crippen molar-refractivity contribution in [1.29, 1.82) is 0 Å². The Morgan fingerprint density at radius 2 is 1.88 bits per heavy atom. The van der Waals surface area contributed by atoms with Gasteiger partial charge in [-0.2, -0.15) is 0 Å². The number of fused-ring (bicyclic) bond motifs is 1. The topological polar surface area (TPSA) is 90.0 Å². The van der Waals surface area contributed by atoms with Gasteiger partial charge < -0.3 is 24.4 Å². The van der Waals surface area contributed by atoms with E-state index in [9.17, 15) is 9.59 Å². The van der Waals surface area contributed by atoms with Crippen molar-refractivity contribution in [3.8, 4) is 17.2 Å². The van der Waals surface area contributed by atoms with Crippen LogP contribution in [0.3, 0.4) is 0 Å². The van der Waals surface area contributed by atoms with Crippen LogP contribution in [-0.2, 0) is 16.2 Å². The van der Waals surface area contributed by atoms with Gasteiger partial charge in [0.05, 0.1) is 19.3 Å². The summed E-state index contributed by atoms with van der Waals surface area (Å²) in [4.78, 5) is 30.9. The van der Waals surface area contributed by atoms with E-state index in [1.165, 1.54) is 0 Å². The second-order valence-electron chi connectivity index (χ2n) is 7.42. The average molecular weight is 447 g/mol. The Labute approximate surface area is 192 Å². The minimum absolute atomic E-state index is 0.0671. The lowest BCUT2D eigenvalue weighted by atomic mass is 10.2. The van der Waals surface area contributed by atoms with Crippen LogP contribution in [0.5, 0.6) is 17.2 Å². The third kappa shape index (κ3) is 5.60. The number of methoxy groups -OCH3 is 1. The number of nitrogens with zero attached hydrogens (tertiary/aromatic N) is 2.